The minimum atomic E-state index is 0.579. The highest BCUT2D eigenvalue weighted by Gasteiger charge is 1.88. The Morgan fingerprint density at radius 2 is 2.38 bits per heavy atom. The third-order valence-electron chi connectivity index (χ3n) is 0.785. The summed E-state index contributed by atoms with van der Waals surface area (Å²) in [6.45, 7) is 0. The van der Waals surface area contributed by atoms with Crippen molar-refractivity contribution in [2.24, 2.45) is 0 Å². The zero-order chi connectivity index (χ0) is 5.98. The minimum absolute atomic E-state index is 0.579. The quantitative estimate of drug-likeness (QED) is 0.530. The molecule has 0 unspecified atom stereocenters. The summed E-state index contributed by atoms with van der Waals surface area (Å²) in [5.41, 5.74) is 0. The van der Waals surface area contributed by atoms with Crippen LogP contribution < -0.4 is 0 Å². The van der Waals surface area contributed by atoms with Gasteiger partial charge >= 0.3 is 0 Å². The molecule has 0 bridgehead atoms. The summed E-state index contributed by atoms with van der Waals surface area (Å²) in [4.78, 5) is 0.772. The highest BCUT2D eigenvalue weighted by molar-refractivity contribution is 7.80. The molecule has 8 heavy (non-hydrogen) atoms. The summed E-state index contributed by atoms with van der Waals surface area (Å²) in [6, 6.07) is 8.20. The second kappa shape index (κ2) is 2.42. The van der Waals surface area contributed by atoms with Gasteiger partial charge in [0.2, 0.25) is 0 Å². The number of benzene rings is 1. The second-order valence-electron chi connectivity index (χ2n) is 1.37. The Labute approximate surface area is 58.9 Å². The molecule has 2 heteroatoms. The van der Waals surface area contributed by atoms with E-state index in [4.69, 9.17) is 11.6 Å². The first-order valence-electron chi connectivity index (χ1n) is 2.16. The molecule has 0 nitrogen and oxygen atoms in total. The summed E-state index contributed by atoms with van der Waals surface area (Å²) < 4.78 is 0. The lowest BCUT2D eigenvalue weighted by Crippen LogP contribution is -1.64. The van der Waals surface area contributed by atoms with Crippen LogP contribution in [0.15, 0.2) is 23.1 Å². The minimum Gasteiger partial charge on any atom is -0.142 e. The Kier molecular flexibility index (Phi) is 1.81. The van der Waals surface area contributed by atoms with Crippen LogP contribution in [-0.4, -0.2) is 0 Å². The fourth-order valence-electron chi connectivity index (χ4n) is 0.408. The molecule has 0 atom stereocenters. The Balaban J connectivity index is 3.13. The van der Waals surface area contributed by atoms with Gasteiger partial charge in [0, 0.05) is 11.0 Å². The van der Waals surface area contributed by atoms with Crippen molar-refractivity contribution in [1.29, 1.82) is 0 Å². The van der Waals surface area contributed by atoms with E-state index in [1.807, 2.05) is 12.1 Å². The van der Waals surface area contributed by atoms with Crippen molar-refractivity contribution in [2.45, 2.75) is 4.90 Å². The van der Waals surface area contributed by atoms with Gasteiger partial charge in [-0.25, -0.2) is 0 Å². The van der Waals surface area contributed by atoms with Gasteiger partial charge in [-0.15, -0.1) is 12.6 Å². The lowest BCUT2D eigenvalue weighted by Gasteiger charge is -1.89. The smallest absolute Gasteiger partial charge is 0.0618 e. The van der Waals surface area contributed by atoms with Crippen molar-refractivity contribution >= 4 is 24.2 Å². The van der Waals surface area contributed by atoms with Gasteiger partial charge in [0.15, 0.2) is 0 Å². The van der Waals surface area contributed by atoms with E-state index in [0.29, 0.717) is 5.02 Å². The Morgan fingerprint density at radius 1 is 1.62 bits per heavy atom. The second-order valence-corrected chi connectivity index (χ2v) is 2.23. The van der Waals surface area contributed by atoms with Crippen LogP contribution >= 0.6 is 24.2 Å². The standard InChI is InChI=1S/C6H4ClS/c7-5-3-1-2-4-6(5)8/h1-2,4,8H. The average Bonchev–Trinajstić information content (AvgIpc) is 1.77. The topological polar surface area (TPSA) is 0 Å². The maximum absolute atomic E-state index is 5.58. The molecule has 1 rings (SSSR count). The monoisotopic (exact) mass is 143 g/mol. The normalized spacial score (nSPS) is 9.25. The van der Waals surface area contributed by atoms with Gasteiger partial charge in [-0.05, 0) is 6.07 Å². The van der Waals surface area contributed by atoms with Crippen molar-refractivity contribution in [3.63, 3.8) is 0 Å². The summed E-state index contributed by atoms with van der Waals surface area (Å²) in [5.74, 6) is 0. The van der Waals surface area contributed by atoms with Crippen molar-refractivity contribution in [3.05, 3.63) is 29.3 Å². The lowest BCUT2D eigenvalue weighted by atomic mass is 10.4. The molecule has 0 saturated heterocycles. The average molecular weight is 144 g/mol. The number of halogens is 1. The summed E-state index contributed by atoms with van der Waals surface area (Å²) in [7, 11) is 0. The molecule has 0 aliphatic carbocycles. The molecule has 0 aliphatic heterocycles. The highest BCUT2D eigenvalue weighted by Crippen LogP contribution is 2.16. The van der Waals surface area contributed by atoms with Crippen LogP contribution in [0.4, 0.5) is 0 Å². The molecule has 1 aromatic rings. The molecule has 0 aromatic heterocycles. The first-order chi connectivity index (χ1) is 3.80. The number of rotatable bonds is 0. The van der Waals surface area contributed by atoms with Crippen LogP contribution in [0.3, 0.4) is 0 Å². The molecular weight excluding hydrogens is 140 g/mol. The highest BCUT2D eigenvalue weighted by atomic mass is 35.5. The maximum atomic E-state index is 5.58. The van der Waals surface area contributed by atoms with E-state index in [9.17, 15) is 0 Å². The summed E-state index contributed by atoms with van der Waals surface area (Å²) >= 11 is 9.61. The number of hydrogen-bond donors (Lipinski definition) is 1. The number of thiol groups is 1. The van der Waals surface area contributed by atoms with Crippen LogP contribution in [0.5, 0.6) is 0 Å². The van der Waals surface area contributed by atoms with Gasteiger partial charge < -0.3 is 0 Å². The first-order valence-corrected chi connectivity index (χ1v) is 2.98. The lowest BCUT2D eigenvalue weighted by molar-refractivity contribution is 1.47. The molecule has 1 radical (unpaired) electrons. The van der Waals surface area contributed by atoms with E-state index < -0.39 is 0 Å². The van der Waals surface area contributed by atoms with Crippen molar-refractivity contribution in [1.82, 2.24) is 0 Å². The summed E-state index contributed by atoms with van der Waals surface area (Å²) in [5, 5.41) is 0.579. The third kappa shape index (κ3) is 1.17. The molecule has 0 fully saturated rings. The van der Waals surface area contributed by atoms with E-state index in [0.717, 1.165) is 4.90 Å². The van der Waals surface area contributed by atoms with E-state index in [2.05, 4.69) is 18.7 Å². The van der Waals surface area contributed by atoms with Crippen LogP contribution in [0.2, 0.25) is 5.02 Å². The first kappa shape index (κ1) is 5.99. The molecule has 0 heterocycles. The Morgan fingerprint density at radius 3 is 2.75 bits per heavy atom. The third-order valence-corrected chi connectivity index (χ3v) is 1.60. The van der Waals surface area contributed by atoms with Gasteiger partial charge in [0.05, 0.1) is 5.02 Å². The van der Waals surface area contributed by atoms with Crippen molar-refractivity contribution in [2.75, 3.05) is 0 Å². The van der Waals surface area contributed by atoms with Gasteiger partial charge in [-0.2, -0.15) is 0 Å². The molecule has 41 valence electrons. The molecule has 0 aliphatic rings. The van der Waals surface area contributed by atoms with E-state index >= 15 is 0 Å². The van der Waals surface area contributed by atoms with Crippen molar-refractivity contribution < 1.29 is 0 Å². The zero-order valence-electron chi connectivity index (χ0n) is 4.06. The zero-order valence-corrected chi connectivity index (χ0v) is 5.71. The van der Waals surface area contributed by atoms with E-state index in [-0.39, 0.29) is 0 Å². The number of hydrogen-bond acceptors (Lipinski definition) is 1. The molecular formula is C6H4ClS. The predicted molar refractivity (Wildman–Crippen MR) is 37.5 cm³/mol. The summed E-state index contributed by atoms with van der Waals surface area (Å²) in [6.07, 6.45) is 0. The SMILES string of the molecule is Sc1ccc[c]c1Cl. The fourth-order valence-corrected chi connectivity index (χ4v) is 0.684. The maximum Gasteiger partial charge on any atom is 0.0618 e. The van der Waals surface area contributed by atoms with Gasteiger partial charge in [-0.1, -0.05) is 23.7 Å². The Bertz CT molecular complexity index is 165. The van der Waals surface area contributed by atoms with Crippen LogP contribution in [0, 0.1) is 6.07 Å². The van der Waals surface area contributed by atoms with Gasteiger partial charge in [0.1, 0.15) is 0 Å². The van der Waals surface area contributed by atoms with Crippen molar-refractivity contribution in [3.8, 4) is 0 Å². The fraction of sp³-hybridized carbons (Fsp3) is 0. The molecule has 0 amide bonds. The van der Waals surface area contributed by atoms with Crippen LogP contribution in [0.25, 0.3) is 0 Å². The molecule has 0 spiro atoms. The van der Waals surface area contributed by atoms with Crippen LogP contribution in [0.1, 0.15) is 0 Å². The van der Waals surface area contributed by atoms with E-state index in [1.54, 1.807) is 6.07 Å². The van der Waals surface area contributed by atoms with E-state index in [1.165, 1.54) is 0 Å². The molecule has 0 saturated carbocycles. The predicted octanol–water partition coefficient (Wildman–Crippen LogP) is 2.43. The Hall–Kier alpha value is -0.140. The molecule has 0 N–H and O–H groups in total. The largest absolute Gasteiger partial charge is 0.142 e. The van der Waals surface area contributed by atoms with Gasteiger partial charge in [-0.3, -0.25) is 0 Å². The van der Waals surface area contributed by atoms with Crippen LogP contribution in [-0.2, 0) is 0 Å². The van der Waals surface area contributed by atoms with Gasteiger partial charge in [0.25, 0.3) is 0 Å². The molecule has 1 aromatic carbocycles.